The van der Waals surface area contributed by atoms with Gasteiger partial charge in [0.25, 0.3) is 0 Å². The molecule has 0 spiro atoms. The molecule has 0 aliphatic carbocycles. The molecule has 5 nitrogen and oxygen atoms in total. The maximum absolute atomic E-state index is 11.6. The minimum atomic E-state index is -0.502. The Morgan fingerprint density at radius 3 is 2.35 bits per heavy atom. The van der Waals surface area contributed by atoms with Gasteiger partial charge in [0.15, 0.2) is 0 Å². The van der Waals surface area contributed by atoms with Crippen molar-refractivity contribution in [1.82, 2.24) is 10.6 Å². The van der Waals surface area contributed by atoms with Gasteiger partial charge in [0.2, 0.25) is 11.8 Å². The van der Waals surface area contributed by atoms with Gasteiger partial charge < -0.3 is 15.4 Å². The van der Waals surface area contributed by atoms with E-state index >= 15 is 0 Å². The highest BCUT2D eigenvalue weighted by molar-refractivity contribution is 5.87. The molecule has 0 aliphatic heterocycles. The number of hydrogen-bond acceptors (Lipinski definition) is 3. The zero-order valence-electron chi connectivity index (χ0n) is 11.2. The van der Waals surface area contributed by atoms with E-state index in [0.29, 0.717) is 13.2 Å². The van der Waals surface area contributed by atoms with E-state index in [2.05, 4.69) is 10.6 Å². The normalized spacial score (nSPS) is 13.9. The van der Waals surface area contributed by atoms with Crippen molar-refractivity contribution in [1.29, 1.82) is 0 Å². The number of hydrogen-bond donors (Lipinski definition) is 2. The fourth-order valence-corrected chi connectivity index (χ4v) is 1.16. The Balaban J connectivity index is 3.86. The minimum Gasteiger partial charge on any atom is -0.381 e. The summed E-state index contributed by atoms with van der Waals surface area (Å²) in [6.45, 7) is 8.47. The Kier molecular flexibility index (Phi) is 8.40. The quantitative estimate of drug-likeness (QED) is 0.622. The molecular formula is C12H24N2O3. The first-order valence-corrected chi connectivity index (χ1v) is 6.18. The van der Waals surface area contributed by atoms with E-state index < -0.39 is 6.04 Å². The SMILES string of the molecule is CCOCCC(=O)NC(C)C(=O)NC(C)CC. The maximum atomic E-state index is 11.6. The van der Waals surface area contributed by atoms with Gasteiger partial charge in [-0.25, -0.2) is 0 Å². The van der Waals surface area contributed by atoms with Crippen LogP contribution in [0.4, 0.5) is 0 Å². The number of amides is 2. The molecule has 0 heterocycles. The molecule has 0 aliphatic rings. The lowest BCUT2D eigenvalue weighted by atomic mass is 10.2. The summed E-state index contributed by atoms with van der Waals surface area (Å²) in [5.74, 6) is -0.311. The Labute approximate surface area is 103 Å². The molecule has 0 fully saturated rings. The first kappa shape index (κ1) is 15.9. The highest BCUT2D eigenvalue weighted by Crippen LogP contribution is 1.92. The van der Waals surface area contributed by atoms with Crippen LogP contribution in [-0.2, 0) is 14.3 Å². The number of carbonyl (C=O) groups excluding carboxylic acids is 2. The van der Waals surface area contributed by atoms with Gasteiger partial charge >= 0.3 is 0 Å². The van der Waals surface area contributed by atoms with Crippen LogP contribution in [0.25, 0.3) is 0 Å². The van der Waals surface area contributed by atoms with Gasteiger partial charge in [0.1, 0.15) is 6.04 Å². The van der Waals surface area contributed by atoms with E-state index in [1.807, 2.05) is 20.8 Å². The molecule has 0 saturated heterocycles. The Morgan fingerprint density at radius 2 is 1.82 bits per heavy atom. The van der Waals surface area contributed by atoms with Crippen molar-refractivity contribution in [2.24, 2.45) is 0 Å². The average Bonchev–Trinajstić information content (AvgIpc) is 2.28. The third kappa shape index (κ3) is 7.74. The lowest BCUT2D eigenvalue weighted by molar-refractivity contribution is -0.129. The molecule has 2 atom stereocenters. The molecule has 0 radical (unpaired) electrons. The van der Waals surface area contributed by atoms with Crippen LogP contribution in [0.1, 0.15) is 40.5 Å². The monoisotopic (exact) mass is 244 g/mol. The van der Waals surface area contributed by atoms with Crippen molar-refractivity contribution >= 4 is 11.8 Å². The maximum Gasteiger partial charge on any atom is 0.242 e. The third-order valence-electron chi connectivity index (χ3n) is 2.45. The van der Waals surface area contributed by atoms with Crippen LogP contribution in [0.3, 0.4) is 0 Å². The van der Waals surface area contributed by atoms with Crippen molar-refractivity contribution < 1.29 is 14.3 Å². The second kappa shape index (κ2) is 8.98. The summed E-state index contributed by atoms with van der Waals surface area (Å²) in [6.07, 6.45) is 1.16. The van der Waals surface area contributed by atoms with Crippen LogP contribution in [0, 0.1) is 0 Å². The summed E-state index contributed by atoms with van der Waals surface area (Å²) >= 11 is 0. The van der Waals surface area contributed by atoms with Crippen molar-refractivity contribution in [2.45, 2.75) is 52.6 Å². The molecular weight excluding hydrogens is 220 g/mol. The van der Waals surface area contributed by atoms with Crippen LogP contribution in [0.2, 0.25) is 0 Å². The summed E-state index contributed by atoms with van der Waals surface area (Å²) in [7, 11) is 0. The summed E-state index contributed by atoms with van der Waals surface area (Å²) in [4.78, 5) is 23.0. The minimum absolute atomic E-state index is 0.130. The van der Waals surface area contributed by atoms with E-state index in [1.54, 1.807) is 6.92 Å². The molecule has 2 amide bonds. The van der Waals surface area contributed by atoms with Gasteiger partial charge in [-0.1, -0.05) is 6.92 Å². The predicted octanol–water partition coefficient (Wildman–Crippen LogP) is 0.832. The average molecular weight is 244 g/mol. The van der Waals surface area contributed by atoms with Crippen LogP contribution in [-0.4, -0.2) is 37.1 Å². The van der Waals surface area contributed by atoms with Gasteiger partial charge in [-0.2, -0.15) is 0 Å². The molecule has 2 unspecified atom stereocenters. The second-order valence-corrected chi connectivity index (χ2v) is 4.05. The van der Waals surface area contributed by atoms with Gasteiger partial charge in [-0.05, 0) is 27.2 Å². The second-order valence-electron chi connectivity index (χ2n) is 4.05. The lowest BCUT2D eigenvalue weighted by Crippen LogP contribution is -2.47. The molecule has 2 N–H and O–H groups in total. The molecule has 0 rings (SSSR count). The van der Waals surface area contributed by atoms with Crippen LogP contribution < -0.4 is 10.6 Å². The van der Waals surface area contributed by atoms with E-state index in [0.717, 1.165) is 6.42 Å². The topological polar surface area (TPSA) is 67.4 Å². The summed E-state index contributed by atoms with van der Waals surface area (Å²) in [6, 6.07) is -0.372. The van der Waals surface area contributed by atoms with Crippen molar-refractivity contribution in [2.75, 3.05) is 13.2 Å². The number of rotatable bonds is 8. The van der Waals surface area contributed by atoms with Crippen molar-refractivity contribution in [3.63, 3.8) is 0 Å². The van der Waals surface area contributed by atoms with Gasteiger partial charge in [-0.15, -0.1) is 0 Å². The molecule has 100 valence electrons. The van der Waals surface area contributed by atoms with E-state index in [-0.39, 0.29) is 24.3 Å². The third-order valence-corrected chi connectivity index (χ3v) is 2.45. The largest absolute Gasteiger partial charge is 0.381 e. The van der Waals surface area contributed by atoms with Gasteiger partial charge in [0, 0.05) is 19.1 Å². The highest BCUT2D eigenvalue weighted by Gasteiger charge is 2.16. The highest BCUT2D eigenvalue weighted by atomic mass is 16.5. The van der Waals surface area contributed by atoms with Gasteiger partial charge in [0.05, 0.1) is 6.61 Å². The predicted molar refractivity (Wildman–Crippen MR) is 66.6 cm³/mol. The Morgan fingerprint density at radius 1 is 1.18 bits per heavy atom. The summed E-state index contributed by atoms with van der Waals surface area (Å²) in [5, 5.41) is 5.45. The first-order valence-electron chi connectivity index (χ1n) is 6.18. The number of nitrogens with one attached hydrogen (secondary N) is 2. The standard InChI is InChI=1S/C12H24N2O3/c1-5-9(3)13-12(16)10(4)14-11(15)7-8-17-6-2/h9-10H,5-8H2,1-4H3,(H,13,16)(H,14,15). The molecule has 0 saturated carbocycles. The molecule has 17 heavy (non-hydrogen) atoms. The van der Waals surface area contributed by atoms with Gasteiger partial charge in [-0.3, -0.25) is 9.59 Å². The number of ether oxygens (including phenoxy) is 1. The lowest BCUT2D eigenvalue weighted by Gasteiger charge is -2.17. The van der Waals surface area contributed by atoms with Crippen LogP contribution >= 0.6 is 0 Å². The smallest absolute Gasteiger partial charge is 0.242 e. The van der Waals surface area contributed by atoms with E-state index in [9.17, 15) is 9.59 Å². The molecule has 5 heteroatoms. The molecule has 0 aromatic rings. The summed E-state index contributed by atoms with van der Waals surface area (Å²) in [5.41, 5.74) is 0. The van der Waals surface area contributed by atoms with Crippen LogP contribution in [0.5, 0.6) is 0 Å². The molecule has 0 aromatic carbocycles. The molecule has 0 aromatic heterocycles. The summed E-state index contributed by atoms with van der Waals surface area (Å²) < 4.78 is 5.07. The zero-order chi connectivity index (χ0) is 13.3. The first-order chi connectivity index (χ1) is 8.01. The van der Waals surface area contributed by atoms with Crippen LogP contribution in [0.15, 0.2) is 0 Å². The fraction of sp³-hybridized carbons (Fsp3) is 0.833. The Hall–Kier alpha value is -1.10. The van der Waals surface area contributed by atoms with Crippen molar-refractivity contribution in [3.8, 4) is 0 Å². The van der Waals surface area contributed by atoms with Crippen molar-refractivity contribution in [3.05, 3.63) is 0 Å². The zero-order valence-corrected chi connectivity index (χ0v) is 11.2. The fourth-order valence-electron chi connectivity index (χ4n) is 1.16. The molecule has 0 bridgehead atoms. The number of carbonyl (C=O) groups is 2. The van der Waals surface area contributed by atoms with E-state index in [1.165, 1.54) is 0 Å². The Bertz CT molecular complexity index is 244. The van der Waals surface area contributed by atoms with E-state index in [4.69, 9.17) is 4.74 Å².